The van der Waals surface area contributed by atoms with E-state index in [4.69, 9.17) is 9.84 Å². The smallest absolute Gasteiger partial charge is 0.354 e. The van der Waals surface area contributed by atoms with Crippen LogP contribution in [0.15, 0.2) is 16.1 Å². The minimum atomic E-state index is -0.454. The highest BCUT2D eigenvalue weighted by Crippen LogP contribution is 2.26. The highest BCUT2D eigenvalue weighted by molar-refractivity contribution is 5.57. The summed E-state index contributed by atoms with van der Waals surface area (Å²) in [5.74, 6) is 0.117. The molecular formula is C11H17N5O3. The zero-order valence-corrected chi connectivity index (χ0v) is 10.9. The van der Waals surface area contributed by atoms with Gasteiger partial charge in [0.2, 0.25) is 0 Å². The van der Waals surface area contributed by atoms with Crippen molar-refractivity contribution >= 4 is 12.3 Å². The van der Waals surface area contributed by atoms with E-state index in [0.29, 0.717) is 12.8 Å². The Morgan fingerprint density at radius 2 is 2.42 bits per heavy atom. The van der Waals surface area contributed by atoms with Crippen LogP contribution in [0, 0.1) is 0 Å². The molecule has 8 nitrogen and oxygen atoms in total. The molecule has 0 amide bonds. The molecule has 2 atom stereocenters. The molecule has 2 rings (SSSR count). The van der Waals surface area contributed by atoms with E-state index in [-0.39, 0.29) is 18.7 Å². The molecule has 19 heavy (non-hydrogen) atoms. The van der Waals surface area contributed by atoms with Gasteiger partial charge in [-0.1, -0.05) is 0 Å². The second-order valence-electron chi connectivity index (χ2n) is 4.53. The third kappa shape index (κ3) is 3.36. The summed E-state index contributed by atoms with van der Waals surface area (Å²) in [4.78, 5) is 25.3. The van der Waals surface area contributed by atoms with Crippen molar-refractivity contribution in [1.29, 1.82) is 0 Å². The molecule has 0 bridgehead atoms. The molecule has 1 aliphatic rings. The lowest BCUT2D eigenvalue weighted by atomic mass is 10.2. The first-order valence-corrected chi connectivity index (χ1v) is 6.02. The van der Waals surface area contributed by atoms with Crippen molar-refractivity contribution < 1.29 is 9.84 Å². The maximum Gasteiger partial charge on any atom is 0.354 e. The van der Waals surface area contributed by atoms with Crippen LogP contribution in [0.25, 0.3) is 0 Å². The second kappa shape index (κ2) is 5.89. The molecule has 1 saturated heterocycles. The standard InChI is InChI=1S/C11H17N5O3/c1-15(2)6-12-10-13-7-16(11(18)14-10)9-4-3-8(5-17)19-9/h6-9,17H,3-5H2,1-2H3/t8-,9+/m0/s1. The number of aliphatic imine (C=N–C) groups is 1. The van der Waals surface area contributed by atoms with Gasteiger partial charge in [0.15, 0.2) is 0 Å². The molecule has 1 aromatic rings. The number of rotatable bonds is 4. The van der Waals surface area contributed by atoms with Gasteiger partial charge in [0.25, 0.3) is 5.95 Å². The molecule has 2 heterocycles. The summed E-state index contributed by atoms with van der Waals surface area (Å²) in [6, 6.07) is 0. The summed E-state index contributed by atoms with van der Waals surface area (Å²) in [6.07, 6.45) is 3.65. The van der Waals surface area contributed by atoms with Crippen LogP contribution in [0.5, 0.6) is 0 Å². The molecule has 104 valence electrons. The van der Waals surface area contributed by atoms with E-state index in [9.17, 15) is 4.79 Å². The van der Waals surface area contributed by atoms with E-state index in [1.165, 1.54) is 17.2 Å². The van der Waals surface area contributed by atoms with Crippen LogP contribution in [0.4, 0.5) is 5.95 Å². The normalized spacial score (nSPS) is 23.1. The van der Waals surface area contributed by atoms with Crippen molar-refractivity contribution in [3.8, 4) is 0 Å². The Morgan fingerprint density at radius 1 is 1.63 bits per heavy atom. The highest BCUT2D eigenvalue weighted by Gasteiger charge is 2.26. The van der Waals surface area contributed by atoms with Gasteiger partial charge < -0.3 is 14.7 Å². The van der Waals surface area contributed by atoms with Crippen LogP contribution >= 0.6 is 0 Å². The SMILES string of the molecule is CN(C)C=Nc1ncn([C@H]2CC[C@@H](CO)O2)c(=O)n1. The number of hydrogen-bond acceptors (Lipinski definition) is 6. The lowest BCUT2D eigenvalue weighted by Crippen LogP contribution is -2.27. The molecule has 0 spiro atoms. The number of aromatic nitrogens is 3. The maximum absolute atomic E-state index is 11.8. The van der Waals surface area contributed by atoms with E-state index >= 15 is 0 Å². The minimum Gasteiger partial charge on any atom is -0.394 e. The topological polar surface area (TPSA) is 92.8 Å². The van der Waals surface area contributed by atoms with Crippen molar-refractivity contribution in [2.24, 2.45) is 4.99 Å². The molecule has 0 unspecified atom stereocenters. The largest absolute Gasteiger partial charge is 0.394 e. The fourth-order valence-corrected chi connectivity index (χ4v) is 1.79. The molecule has 1 aliphatic heterocycles. The van der Waals surface area contributed by atoms with E-state index < -0.39 is 11.9 Å². The van der Waals surface area contributed by atoms with Crippen molar-refractivity contribution in [3.63, 3.8) is 0 Å². The van der Waals surface area contributed by atoms with Gasteiger partial charge in [-0.2, -0.15) is 4.98 Å². The van der Waals surface area contributed by atoms with Crippen LogP contribution in [0.3, 0.4) is 0 Å². The van der Waals surface area contributed by atoms with E-state index in [1.54, 1.807) is 4.90 Å². The predicted octanol–water partition coefficient (Wildman–Crippen LogP) is -0.470. The van der Waals surface area contributed by atoms with Gasteiger partial charge in [-0.3, -0.25) is 4.57 Å². The Balaban J connectivity index is 2.14. The third-order valence-corrected chi connectivity index (χ3v) is 2.72. The lowest BCUT2D eigenvalue weighted by molar-refractivity contribution is -0.0250. The van der Waals surface area contributed by atoms with Crippen LogP contribution in [0.2, 0.25) is 0 Å². The molecule has 0 saturated carbocycles. The number of ether oxygens (including phenoxy) is 1. The Labute approximate surface area is 110 Å². The molecule has 1 aromatic heterocycles. The van der Waals surface area contributed by atoms with Gasteiger partial charge in [0.1, 0.15) is 12.6 Å². The Kier molecular flexibility index (Phi) is 4.23. The van der Waals surface area contributed by atoms with Gasteiger partial charge >= 0.3 is 5.69 Å². The molecule has 1 N–H and O–H groups in total. The van der Waals surface area contributed by atoms with Gasteiger partial charge in [-0.05, 0) is 12.8 Å². The van der Waals surface area contributed by atoms with Crippen LogP contribution in [0.1, 0.15) is 19.1 Å². The first-order chi connectivity index (χ1) is 9.10. The highest BCUT2D eigenvalue weighted by atomic mass is 16.5. The van der Waals surface area contributed by atoms with Crippen LogP contribution in [-0.4, -0.2) is 57.7 Å². The van der Waals surface area contributed by atoms with Gasteiger partial charge in [0, 0.05) is 14.1 Å². The van der Waals surface area contributed by atoms with Crippen LogP contribution < -0.4 is 5.69 Å². The molecular weight excluding hydrogens is 250 g/mol. The van der Waals surface area contributed by atoms with Gasteiger partial charge in [-0.15, -0.1) is 0 Å². The molecule has 0 radical (unpaired) electrons. The summed E-state index contributed by atoms with van der Waals surface area (Å²) < 4.78 is 6.83. The first-order valence-electron chi connectivity index (χ1n) is 6.02. The zero-order valence-electron chi connectivity index (χ0n) is 10.9. The van der Waals surface area contributed by atoms with Crippen molar-refractivity contribution in [1.82, 2.24) is 19.4 Å². The molecule has 8 heteroatoms. The monoisotopic (exact) mass is 267 g/mol. The minimum absolute atomic E-state index is 0.0443. The Bertz CT molecular complexity index is 513. The predicted molar refractivity (Wildman–Crippen MR) is 68.4 cm³/mol. The average Bonchev–Trinajstić information content (AvgIpc) is 2.85. The quantitative estimate of drug-likeness (QED) is 0.585. The lowest BCUT2D eigenvalue weighted by Gasteiger charge is -2.13. The van der Waals surface area contributed by atoms with E-state index in [0.717, 1.165) is 0 Å². The summed E-state index contributed by atoms with van der Waals surface area (Å²) in [7, 11) is 3.62. The molecule has 1 fully saturated rings. The van der Waals surface area contributed by atoms with E-state index in [1.807, 2.05) is 14.1 Å². The summed E-state index contributed by atoms with van der Waals surface area (Å²) in [5.41, 5.74) is -0.454. The van der Waals surface area contributed by atoms with Crippen LogP contribution in [-0.2, 0) is 4.74 Å². The number of hydrogen-bond donors (Lipinski definition) is 1. The first kappa shape index (κ1) is 13.6. The summed E-state index contributed by atoms with van der Waals surface area (Å²) >= 11 is 0. The average molecular weight is 267 g/mol. The molecule has 0 aromatic carbocycles. The van der Waals surface area contributed by atoms with E-state index in [2.05, 4.69) is 15.0 Å². The Morgan fingerprint density at radius 3 is 3.00 bits per heavy atom. The van der Waals surface area contributed by atoms with Crippen molar-refractivity contribution in [2.45, 2.75) is 25.2 Å². The van der Waals surface area contributed by atoms with Crippen molar-refractivity contribution in [2.75, 3.05) is 20.7 Å². The molecule has 0 aliphatic carbocycles. The summed E-state index contributed by atoms with van der Waals surface area (Å²) in [5, 5.41) is 9.00. The number of aliphatic hydroxyl groups excluding tert-OH is 1. The zero-order chi connectivity index (χ0) is 13.8. The maximum atomic E-state index is 11.8. The van der Waals surface area contributed by atoms with Gasteiger partial charge in [-0.25, -0.2) is 14.8 Å². The second-order valence-corrected chi connectivity index (χ2v) is 4.53. The number of aliphatic hydroxyl groups is 1. The van der Waals surface area contributed by atoms with Gasteiger partial charge in [0.05, 0.1) is 19.0 Å². The summed E-state index contributed by atoms with van der Waals surface area (Å²) in [6.45, 7) is -0.0443. The third-order valence-electron chi connectivity index (χ3n) is 2.72. The fourth-order valence-electron chi connectivity index (χ4n) is 1.79. The fraction of sp³-hybridized carbons (Fsp3) is 0.636. The number of nitrogens with zero attached hydrogens (tertiary/aromatic N) is 5. The van der Waals surface area contributed by atoms with Crippen molar-refractivity contribution in [3.05, 3.63) is 16.8 Å². The Hall–Kier alpha value is -1.80.